The molecule has 0 aliphatic heterocycles. The Hall–Kier alpha value is -0.560. The molecule has 0 unspecified atom stereocenters. The molecule has 0 spiro atoms. The van der Waals surface area contributed by atoms with Crippen LogP contribution in [0.4, 0.5) is 0 Å². The summed E-state index contributed by atoms with van der Waals surface area (Å²) in [5, 5.41) is 0. The SMILES string of the molecule is CCC=C(C=CCCCC)CCN. The zero-order valence-corrected chi connectivity index (χ0v) is 9.05. The summed E-state index contributed by atoms with van der Waals surface area (Å²) in [5.74, 6) is 0. The van der Waals surface area contributed by atoms with Crippen LogP contribution < -0.4 is 5.73 Å². The number of allylic oxidation sites excluding steroid dienone is 3. The summed E-state index contributed by atoms with van der Waals surface area (Å²) in [6.45, 7) is 5.14. The third kappa shape index (κ3) is 7.79. The number of rotatable bonds is 7. The van der Waals surface area contributed by atoms with Crippen LogP contribution in [0.3, 0.4) is 0 Å². The molecule has 2 N–H and O–H groups in total. The fraction of sp³-hybridized carbons (Fsp3) is 0.667. The Balaban J connectivity index is 3.79. The average Bonchev–Trinajstić information content (AvgIpc) is 2.13. The summed E-state index contributed by atoms with van der Waals surface area (Å²) < 4.78 is 0. The Morgan fingerprint density at radius 1 is 1.31 bits per heavy atom. The molecule has 0 saturated carbocycles. The Morgan fingerprint density at radius 2 is 2.08 bits per heavy atom. The van der Waals surface area contributed by atoms with Crippen molar-refractivity contribution in [1.29, 1.82) is 0 Å². The van der Waals surface area contributed by atoms with E-state index in [0.717, 1.165) is 19.4 Å². The second-order valence-electron chi connectivity index (χ2n) is 3.27. The van der Waals surface area contributed by atoms with Crippen LogP contribution in [0.2, 0.25) is 0 Å². The van der Waals surface area contributed by atoms with E-state index in [-0.39, 0.29) is 0 Å². The third-order valence-electron chi connectivity index (χ3n) is 1.96. The first-order valence-electron chi connectivity index (χ1n) is 5.40. The van der Waals surface area contributed by atoms with Crippen LogP contribution in [0.5, 0.6) is 0 Å². The highest BCUT2D eigenvalue weighted by Gasteiger charge is 1.88. The molecule has 0 radical (unpaired) electrons. The van der Waals surface area contributed by atoms with E-state index in [0.29, 0.717) is 0 Å². The van der Waals surface area contributed by atoms with Crippen molar-refractivity contribution in [3.8, 4) is 0 Å². The Kier molecular flexibility index (Phi) is 9.12. The van der Waals surface area contributed by atoms with Crippen molar-refractivity contribution in [2.45, 2.75) is 46.0 Å². The van der Waals surface area contributed by atoms with Gasteiger partial charge in [0, 0.05) is 0 Å². The zero-order chi connectivity index (χ0) is 9.94. The normalized spacial score (nSPS) is 12.7. The molecule has 0 aliphatic carbocycles. The molecule has 0 bridgehead atoms. The monoisotopic (exact) mass is 181 g/mol. The Labute approximate surface area is 82.7 Å². The fourth-order valence-electron chi connectivity index (χ4n) is 1.24. The molecule has 0 heterocycles. The quantitative estimate of drug-likeness (QED) is 0.472. The van der Waals surface area contributed by atoms with E-state index in [1.807, 2.05) is 0 Å². The van der Waals surface area contributed by atoms with Crippen LogP contribution in [-0.2, 0) is 0 Å². The second-order valence-corrected chi connectivity index (χ2v) is 3.27. The predicted molar refractivity (Wildman–Crippen MR) is 60.7 cm³/mol. The summed E-state index contributed by atoms with van der Waals surface area (Å²) in [5.41, 5.74) is 6.91. The molecular weight excluding hydrogens is 158 g/mol. The van der Waals surface area contributed by atoms with E-state index in [1.54, 1.807) is 0 Å². The van der Waals surface area contributed by atoms with Gasteiger partial charge < -0.3 is 5.73 Å². The van der Waals surface area contributed by atoms with Gasteiger partial charge in [0.25, 0.3) is 0 Å². The van der Waals surface area contributed by atoms with E-state index in [1.165, 1.54) is 24.8 Å². The molecule has 0 rings (SSSR count). The molecule has 0 fully saturated rings. The van der Waals surface area contributed by atoms with E-state index in [9.17, 15) is 0 Å². The van der Waals surface area contributed by atoms with Crippen LogP contribution in [0.25, 0.3) is 0 Å². The minimum absolute atomic E-state index is 0.754. The lowest BCUT2D eigenvalue weighted by atomic mass is 10.1. The molecule has 0 amide bonds. The van der Waals surface area contributed by atoms with E-state index in [4.69, 9.17) is 5.73 Å². The predicted octanol–water partition coefficient (Wildman–Crippen LogP) is 3.42. The van der Waals surface area contributed by atoms with Gasteiger partial charge in [0.15, 0.2) is 0 Å². The zero-order valence-electron chi connectivity index (χ0n) is 9.05. The third-order valence-corrected chi connectivity index (χ3v) is 1.96. The first-order chi connectivity index (χ1) is 6.35. The number of unbranched alkanes of at least 4 members (excludes halogenated alkanes) is 2. The summed E-state index contributed by atoms with van der Waals surface area (Å²) >= 11 is 0. The summed E-state index contributed by atoms with van der Waals surface area (Å²) in [6, 6.07) is 0. The Bertz CT molecular complexity index is 157. The van der Waals surface area contributed by atoms with Crippen molar-refractivity contribution >= 4 is 0 Å². The van der Waals surface area contributed by atoms with Gasteiger partial charge in [-0.25, -0.2) is 0 Å². The van der Waals surface area contributed by atoms with Crippen LogP contribution in [0, 0.1) is 0 Å². The molecule has 0 aromatic carbocycles. The van der Waals surface area contributed by atoms with Crippen molar-refractivity contribution in [2.24, 2.45) is 5.73 Å². The molecule has 1 heteroatoms. The topological polar surface area (TPSA) is 26.0 Å². The maximum Gasteiger partial charge on any atom is -0.00368 e. The van der Waals surface area contributed by atoms with Crippen molar-refractivity contribution in [3.63, 3.8) is 0 Å². The second kappa shape index (κ2) is 9.53. The maximum absolute atomic E-state index is 5.52. The number of hydrogen-bond acceptors (Lipinski definition) is 1. The first kappa shape index (κ1) is 12.4. The highest BCUT2D eigenvalue weighted by molar-refractivity contribution is 5.18. The van der Waals surface area contributed by atoms with Crippen LogP contribution in [0.1, 0.15) is 46.0 Å². The Morgan fingerprint density at radius 3 is 2.62 bits per heavy atom. The van der Waals surface area contributed by atoms with Crippen LogP contribution in [0.15, 0.2) is 23.8 Å². The maximum atomic E-state index is 5.52. The molecule has 0 atom stereocenters. The standard InChI is InChI=1S/C12H23N/c1-3-5-6-7-9-12(8-4-2)10-11-13/h7-9H,3-6,10-11,13H2,1-2H3. The summed E-state index contributed by atoms with van der Waals surface area (Å²) in [7, 11) is 0. The fourth-order valence-corrected chi connectivity index (χ4v) is 1.24. The van der Waals surface area contributed by atoms with Crippen molar-refractivity contribution < 1.29 is 0 Å². The molecule has 0 aromatic heterocycles. The minimum Gasteiger partial charge on any atom is -0.330 e. The van der Waals surface area contributed by atoms with Crippen molar-refractivity contribution in [1.82, 2.24) is 0 Å². The highest BCUT2D eigenvalue weighted by atomic mass is 14.5. The van der Waals surface area contributed by atoms with Crippen molar-refractivity contribution in [2.75, 3.05) is 6.54 Å². The average molecular weight is 181 g/mol. The minimum atomic E-state index is 0.754. The lowest BCUT2D eigenvalue weighted by molar-refractivity contribution is 0.813. The van der Waals surface area contributed by atoms with Crippen LogP contribution >= 0.6 is 0 Å². The molecular formula is C12H23N. The lowest BCUT2D eigenvalue weighted by Gasteiger charge is -1.98. The van der Waals surface area contributed by atoms with Gasteiger partial charge in [0.2, 0.25) is 0 Å². The highest BCUT2D eigenvalue weighted by Crippen LogP contribution is 2.05. The molecule has 13 heavy (non-hydrogen) atoms. The lowest BCUT2D eigenvalue weighted by Crippen LogP contribution is -1.99. The summed E-state index contributed by atoms with van der Waals surface area (Å²) in [4.78, 5) is 0. The molecule has 0 aromatic rings. The first-order valence-corrected chi connectivity index (χ1v) is 5.40. The van der Waals surface area contributed by atoms with E-state index >= 15 is 0 Å². The largest absolute Gasteiger partial charge is 0.330 e. The van der Waals surface area contributed by atoms with Gasteiger partial charge in [-0.3, -0.25) is 0 Å². The number of hydrogen-bond donors (Lipinski definition) is 1. The molecule has 0 saturated heterocycles. The van der Waals surface area contributed by atoms with Gasteiger partial charge >= 0.3 is 0 Å². The van der Waals surface area contributed by atoms with Crippen molar-refractivity contribution in [3.05, 3.63) is 23.8 Å². The molecule has 0 aliphatic rings. The number of nitrogens with two attached hydrogens (primary N) is 1. The van der Waals surface area contributed by atoms with Gasteiger partial charge in [-0.1, -0.05) is 50.5 Å². The van der Waals surface area contributed by atoms with Gasteiger partial charge in [0.1, 0.15) is 0 Å². The van der Waals surface area contributed by atoms with Gasteiger partial charge in [-0.2, -0.15) is 0 Å². The van der Waals surface area contributed by atoms with Gasteiger partial charge in [0.05, 0.1) is 0 Å². The van der Waals surface area contributed by atoms with Gasteiger partial charge in [-0.15, -0.1) is 0 Å². The molecule has 76 valence electrons. The van der Waals surface area contributed by atoms with Gasteiger partial charge in [-0.05, 0) is 25.8 Å². The summed E-state index contributed by atoms with van der Waals surface area (Å²) in [6.07, 6.45) is 12.6. The smallest absolute Gasteiger partial charge is 0.00368 e. The van der Waals surface area contributed by atoms with E-state index < -0.39 is 0 Å². The van der Waals surface area contributed by atoms with E-state index in [2.05, 4.69) is 32.1 Å². The molecule has 1 nitrogen and oxygen atoms in total. The van der Waals surface area contributed by atoms with Crippen LogP contribution in [-0.4, -0.2) is 6.54 Å².